The van der Waals surface area contributed by atoms with Crippen molar-refractivity contribution in [1.29, 1.82) is 0 Å². The number of nitrogens with zero attached hydrogens (tertiary/aromatic N) is 1. The fourth-order valence-electron chi connectivity index (χ4n) is 2.64. The molecule has 0 bridgehead atoms. The fourth-order valence-corrected chi connectivity index (χ4v) is 4.44. The third kappa shape index (κ3) is 6.65. The van der Waals surface area contributed by atoms with E-state index < -0.39 is 26.3 Å². The first kappa shape index (κ1) is 24.1. The molecule has 1 fully saturated rings. The van der Waals surface area contributed by atoms with Crippen LogP contribution in [0.1, 0.15) is 40.2 Å². The molecule has 162 valence electrons. The van der Waals surface area contributed by atoms with E-state index in [2.05, 4.69) is 33.9 Å². The second-order valence-electron chi connectivity index (χ2n) is 9.39. The normalized spacial score (nSPS) is 22.7. The summed E-state index contributed by atoms with van der Waals surface area (Å²) >= 11 is 1.12. The van der Waals surface area contributed by atoms with Crippen molar-refractivity contribution in [3.63, 3.8) is 0 Å². The Bertz CT molecular complexity index is 755. The topological polar surface area (TPSA) is 70.8 Å². The number of hydrogen-bond acceptors (Lipinski definition) is 6. The number of thioether (sulfide) groups is 1. The van der Waals surface area contributed by atoms with Gasteiger partial charge in [0, 0.05) is 11.0 Å². The molecule has 1 heterocycles. The Labute approximate surface area is 179 Å². The summed E-state index contributed by atoms with van der Waals surface area (Å²) in [5.74, 6) is -0.821. The molecule has 1 aliphatic heterocycles. The Balaban J connectivity index is 2.20. The van der Waals surface area contributed by atoms with Gasteiger partial charge < -0.3 is 13.9 Å². The van der Waals surface area contributed by atoms with Crippen LogP contribution in [0.25, 0.3) is 0 Å². The maximum absolute atomic E-state index is 11.7. The lowest BCUT2D eigenvalue weighted by Crippen LogP contribution is -2.44. The number of aryl methyl sites for hydroxylation is 1. The highest BCUT2D eigenvalue weighted by Crippen LogP contribution is 2.38. The van der Waals surface area contributed by atoms with Gasteiger partial charge in [-0.05, 0) is 62.8 Å². The van der Waals surface area contributed by atoms with E-state index in [1.54, 1.807) is 6.08 Å². The molecule has 0 N–H and O–H groups in total. The van der Waals surface area contributed by atoms with Gasteiger partial charge in [-0.1, -0.05) is 38.5 Å². The molecule has 2 atom stereocenters. The summed E-state index contributed by atoms with van der Waals surface area (Å²) in [4.78, 5) is 12.1. The molecular formula is C21H33NO5SSi. The summed E-state index contributed by atoms with van der Waals surface area (Å²) in [6.07, 6.45) is 0.611. The molecule has 0 unspecified atom stereocenters. The molecule has 1 aromatic carbocycles. The second-order valence-corrected chi connectivity index (χ2v) is 15.3. The standard InChI is InChI=1S/C21H33NO5SSi/c1-15-9-11-16(12-10-15)28-19(22(23)24)13-17-18(27-21(5,6)26-17)14-25-29(7,8)20(2,3)4/h9-13,17-18H,14H2,1-8H3/b19-13-/t17-,18-/m0/s1. The van der Waals surface area contributed by atoms with Crippen LogP contribution in [0.2, 0.25) is 18.1 Å². The van der Waals surface area contributed by atoms with E-state index in [4.69, 9.17) is 13.9 Å². The number of ether oxygens (including phenoxy) is 2. The van der Waals surface area contributed by atoms with Gasteiger partial charge in [-0.2, -0.15) is 0 Å². The summed E-state index contributed by atoms with van der Waals surface area (Å²) in [5, 5.41) is 11.8. The van der Waals surface area contributed by atoms with Gasteiger partial charge >= 0.3 is 5.03 Å². The molecule has 0 amide bonds. The molecule has 29 heavy (non-hydrogen) atoms. The molecule has 1 saturated heterocycles. The van der Waals surface area contributed by atoms with Crippen molar-refractivity contribution >= 4 is 20.1 Å². The Hall–Kier alpha value is -1.19. The Kier molecular flexibility index (Phi) is 7.38. The Morgan fingerprint density at radius 3 is 2.38 bits per heavy atom. The predicted octanol–water partition coefficient (Wildman–Crippen LogP) is 5.75. The fraction of sp³-hybridized carbons (Fsp3) is 0.619. The molecule has 1 aliphatic rings. The molecule has 0 aliphatic carbocycles. The van der Waals surface area contributed by atoms with Gasteiger partial charge in [0.05, 0.1) is 11.5 Å². The van der Waals surface area contributed by atoms with Crippen LogP contribution in [0.15, 0.2) is 40.3 Å². The summed E-state index contributed by atoms with van der Waals surface area (Å²) < 4.78 is 18.3. The maximum Gasteiger partial charge on any atom is 0.306 e. The van der Waals surface area contributed by atoms with Gasteiger partial charge in [0.2, 0.25) is 0 Å². The average molecular weight is 440 g/mol. The molecule has 1 aromatic rings. The predicted molar refractivity (Wildman–Crippen MR) is 119 cm³/mol. The lowest BCUT2D eigenvalue weighted by Gasteiger charge is -2.37. The minimum absolute atomic E-state index is 0.0254. The van der Waals surface area contributed by atoms with E-state index in [0.29, 0.717) is 6.61 Å². The summed E-state index contributed by atoms with van der Waals surface area (Å²) in [7, 11) is -1.97. The van der Waals surface area contributed by atoms with Crippen LogP contribution in [0.5, 0.6) is 0 Å². The minimum atomic E-state index is -1.97. The van der Waals surface area contributed by atoms with E-state index >= 15 is 0 Å². The number of nitro groups is 1. The minimum Gasteiger partial charge on any atom is -0.414 e. The van der Waals surface area contributed by atoms with Crippen LogP contribution in [-0.2, 0) is 13.9 Å². The first-order chi connectivity index (χ1) is 13.2. The third-order valence-electron chi connectivity index (χ3n) is 5.37. The van der Waals surface area contributed by atoms with E-state index in [1.807, 2.05) is 45.0 Å². The van der Waals surface area contributed by atoms with Crippen LogP contribution in [0.4, 0.5) is 0 Å². The van der Waals surface area contributed by atoms with Crippen LogP contribution in [0.3, 0.4) is 0 Å². The molecule has 0 aromatic heterocycles. The first-order valence-corrected chi connectivity index (χ1v) is 13.5. The van der Waals surface area contributed by atoms with Crippen LogP contribution in [-0.4, -0.2) is 37.8 Å². The molecule has 2 rings (SSSR count). The Morgan fingerprint density at radius 1 is 1.28 bits per heavy atom. The third-order valence-corrected chi connectivity index (χ3v) is 10.9. The van der Waals surface area contributed by atoms with Gasteiger partial charge in [0.1, 0.15) is 12.2 Å². The SMILES string of the molecule is Cc1ccc(S/C(=C\[C@@H]2OC(C)(C)O[C@H]2CO[Si](C)(C)C(C)(C)C)[N+](=O)[O-])cc1. The van der Waals surface area contributed by atoms with Gasteiger partial charge in [0.25, 0.3) is 0 Å². The largest absolute Gasteiger partial charge is 0.414 e. The number of benzene rings is 1. The summed E-state index contributed by atoms with van der Waals surface area (Å²) in [5.41, 5.74) is 1.11. The molecule has 0 spiro atoms. The smallest absolute Gasteiger partial charge is 0.306 e. The number of rotatable bonds is 7. The van der Waals surface area contributed by atoms with Crippen molar-refractivity contribution < 1.29 is 18.8 Å². The average Bonchev–Trinajstić information content (AvgIpc) is 2.87. The van der Waals surface area contributed by atoms with Gasteiger partial charge in [-0.25, -0.2) is 0 Å². The molecule has 0 saturated carbocycles. The summed E-state index contributed by atoms with van der Waals surface area (Å²) in [6, 6.07) is 7.64. The van der Waals surface area contributed by atoms with Crippen molar-refractivity contribution in [2.45, 2.75) is 82.6 Å². The van der Waals surface area contributed by atoms with Crippen LogP contribution >= 0.6 is 11.8 Å². The van der Waals surface area contributed by atoms with Gasteiger partial charge in [-0.3, -0.25) is 10.1 Å². The van der Waals surface area contributed by atoms with Crippen molar-refractivity contribution in [3.8, 4) is 0 Å². The quantitative estimate of drug-likeness (QED) is 0.233. The van der Waals surface area contributed by atoms with Crippen molar-refractivity contribution in [2.75, 3.05) is 6.61 Å². The van der Waals surface area contributed by atoms with E-state index in [9.17, 15) is 10.1 Å². The van der Waals surface area contributed by atoms with Crippen molar-refractivity contribution in [2.24, 2.45) is 0 Å². The van der Waals surface area contributed by atoms with E-state index in [1.165, 1.54) is 0 Å². The highest BCUT2D eigenvalue weighted by Gasteiger charge is 2.44. The highest BCUT2D eigenvalue weighted by atomic mass is 32.2. The zero-order chi connectivity index (χ0) is 22.0. The second kappa shape index (κ2) is 8.89. The first-order valence-electron chi connectivity index (χ1n) is 9.80. The highest BCUT2D eigenvalue weighted by molar-refractivity contribution is 8.02. The van der Waals surface area contributed by atoms with Gasteiger partial charge in [0.15, 0.2) is 14.1 Å². The molecule has 6 nitrogen and oxygen atoms in total. The Morgan fingerprint density at radius 2 is 1.86 bits per heavy atom. The molecule has 8 heteroatoms. The van der Waals surface area contributed by atoms with Crippen molar-refractivity contribution in [1.82, 2.24) is 0 Å². The van der Waals surface area contributed by atoms with Crippen LogP contribution < -0.4 is 0 Å². The van der Waals surface area contributed by atoms with Crippen LogP contribution in [0, 0.1) is 17.0 Å². The van der Waals surface area contributed by atoms with Gasteiger partial charge in [-0.15, -0.1) is 0 Å². The number of hydrogen-bond donors (Lipinski definition) is 0. The van der Waals surface area contributed by atoms with E-state index in [0.717, 1.165) is 22.2 Å². The monoisotopic (exact) mass is 439 g/mol. The molecular weight excluding hydrogens is 406 g/mol. The zero-order valence-electron chi connectivity index (χ0n) is 18.6. The van der Waals surface area contributed by atoms with E-state index in [-0.39, 0.29) is 15.0 Å². The zero-order valence-corrected chi connectivity index (χ0v) is 20.5. The maximum atomic E-state index is 11.7. The molecule has 0 radical (unpaired) electrons. The lowest BCUT2D eigenvalue weighted by molar-refractivity contribution is -0.411. The lowest BCUT2D eigenvalue weighted by atomic mass is 10.2. The summed E-state index contributed by atoms with van der Waals surface area (Å²) in [6.45, 7) is 16.8. The van der Waals surface area contributed by atoms with Crippen molar-refractivity contribution in [3.05, 3.63) is 51.0 Å².